The molecule has 1 aromatic rings. The van der Waals surface area contributed by atoms with Gasteiger partial charge < -0.3 is 0 Å². The van der Waals surface area contributed by atoms with Crippen LogP contribution in [0.25, 0.3) is 0 Å². The number of benzene rings is 1. The summed E-state index contributed by atoms with van der Waals surface area (Å²) >= 11 is 0. The number of piperidine rings is 1. The maximum atomic E-state index is 11.7. The van der Waals surface area contributed by atoms with Gasteiger partial charge >= 0.3 is 0 Å². The van der Waals surface area contributed by atoms with E-state index in [-0.39, 0.29) is 5.91 Å². The molecular weight excluding hydrogens is 188 g/mol. The number of hydrazine groups is 1. The maximum absolute atomic E-state index is 11.7. The van der Waals surface area contributed by atoms with Crippen molar-refractivity contribution >= 4 is 11.6 Å². The van der Waals surface area contributed by atoms with Gasteiger partial charge in [-0.25, -0.2) is 0 Å². The monoisotopic (exact) mass is 204 g/mol. The van der Waals surface area contributed by atoms with Crippen molar-refractivity contribution < 1.29 is 4.79 Å². The van der Waals surface area contributed by atoms with Crippen molar-refractivity contribution in [1.29, 1.82) is 0 Å². The third kappa shape index (κ3) is 2.49. The van der Waals surface area contributed by atoms with Crippen LogP contribution in [0.15, 0.2) is 30.3 Å². The number of anilines is 1. The van der Waals surface area contributed by atoms with E-state index in [0.29, 0.717) is 12.3 Å². The Morgan fingerprint density at radius 1 is 1.33 bits per heavy atom. The third-order valence-corrected chi connectivity index (χ3v) is 2.71. The molecule has 1 heterocycles. The Hall–Kier alpha value is -1.51. The van der Waals surface area contributed by atoms with Gasteiger partial charge in [0.15, 0.2) is 0 Å². The van der Waals surface area contributed by atoms with Crippen molar-refractivity contribution in [1.82, 2.24) is 5.01 Å². The molecule has 80 valence electrons. The van der Waals surface area contributed by atoms with Gasteiger partial charge in [-0.1, -0.05) is 25.1 Å². The number of nitrogens with zero attached hydrogens (tertiary/aromatic N) is 1. The van der Waals surface area contributed by atoms with Crippen molar-refractivity contribution in [2.45, 2.75) is 19.8 Å². The van der Waals surface area contributed by atoms with E-state index in [0.717, 1.165) is 18.7 Å². The fourth-order valence-corrected chi connectivity index (χ4v) is 1.77. The molecule has 0 radical (unpaired) electrons. The average molecular weight is 204 g/mol. The number of carbonyl (C=O) groups is 1. The van der Waals surface area contributed by atoms with Crippen LogP contribution in [0.1, 0.15) is 19.8 Å². The van der Waals surface area contributed by atoms with Crippen LogP contribution in [0.4, 0.5) is 5.69 Å². The van der Waals surface area contributed by atoms with Crippen LogP contribution in [0.3, 0.4) is 0 Å². The Morgan fingerprint density at radius 3 is 2.73 bits per heavy atom. The summed E-state index contributed by atoms with van der Waals surface area (Å²) in [6.07, 6.45) is 1.73. The molecule has 1 N–H and O–H groups in total. The first-order valence-electron chi connectivity index (χ1n) is 5.38. The first-order chi connectivity index (χ1) is 7.25. The van der Waals surface area contributed by atoms with E-state index in [4.69, 9.17) is 0 Å². The number of amides is 1. The zero-order valence-electron chi connectivity index (χ0n) is 8.94. The Bertz CT molecular complexity index is 337. The Morgan fingerprint density at radius 2 is 2.07 bits per heavy atom. The predicted octanol–water partition coefficient (Wildman–Crippen LogP) is 2.27. The maximum Gasteiger partial charge on any atom is 0.241 e. The van der Waals surface area contributed by atoms with Gasteiger partial charge in [0.1, 0.15) is 0 Å². The van der Waals surface area contributed by atoms with Gasteiger partial charge in [0.25, 0.3) is 0 Å². The zero-order valence-corrected chi connectivity index (χ0v) is 8.94. The second-order valence-electron chi connectivity index (χ2n) is 4.12. The van der Waals surface area contributed by atoms with E-state index in [1.54, 1.807) is 5.01 Å². The first kappa shape index (κ1) is 10.0. The minimum Gasteiger partial charge on any atom is -0.296 e. The number of hydrogen-bond donors (Lipinski definition) is 1. The van der Waals surface area contributed by atoms with E-state index in [1.807, 2.05) is 30.3 Å². The second-order valence-corrected chi connectivity index (χ2v) is 4.12. The molecule has 0 spiro atoms. The van der Waals surface area contributed by atoms with Crippen LogP contribution in [0.5, 0.6) is 0 Å². The lowest BCUT2D eigenvalue weighted by molar-refractivity contribution is -0.133. The van der Waals surface area contributed by atoms with E-state index in [2.05, 4.69) is 12.3 Å². The van der Waals surface area contributed by atoms with E-state index < -0.39 is 0 Å². The summed E-state index contributed by atoms with van der Waals surface area (Å²) in [6.45, 7) is 2.92. The average Bonchev–Trinajstić information content (AvgIpc) is 2.24. The lowest BCUT2D eigenvalue weighted by Gasteiger charge is -2.30. The SMILES string of the molecule is C[C@@H]1CCN(Nc2ccccc2)C(=O)C1. The molecule has 0 unspecified atom stereocenters. The van der Waals surface area contributed by atoms with Crippen LogP contribution in [0.2, 0.25) is 0 Å². The lowest BCUT2D eigenvalue weighted by atomic mass is 10.00. The molecular formula is C12H16N2O. The molecule has 1 saturated heterocycles. The van der Waals surface area contributed by atoms with Gasteiger partial charge in [0.2, 0.25) is 5.91 Å². The topological polar surface area (TPSA) is 32.3 Å². The number of rotatable bonds is 2. The van der Waals surface area contributed by atoms with Crippen molar-refractivity contribution in [2.24, 2.45) is 5.92 Å². The second kappa shape index (κ2) is 4.34. The summed E-state index contributed by atoms with van der Waals surface area (Å²) < 4.78 is 0. The molecule has 0 aliphatic carbocycles. The normalized spacial score (nSPS) is 21.5. The molecule has 0 saturated carbocycles. The molecule has 0 aromatic heterocycles. The zero-order chi connectivity index (χ0) is 10.7. The van der Waals surface area contributed by atoms with Gasteiger partial charge in [0.05, 0.1) is 5.69 Å². The van der Waals surface area contributed by atoms with Crippen LogP contribution >= 0.6 is 0 Å². The number of carbonyl (C=O) groups excluding carboxylic acids is 1. The van der Waals surface area contributed by atoms with E-state index in [9.17, 15) is 4.79 Å². The lowest BCUT2D eigenvalue weighted by Crippen LogP contribution is -2.41. The van der Waals surface area contributed by atoms with Crippen LogP contribution in [-0.4, -0.2) is 17.5 Å². The minimum atomic E-state index is 0.192. The summed E-state index contributed by atoms with van der Waals surface area (Å²) in [4.78, 5) is 11.7. The summed E-state index contributed by atoms with van der Waals surface area (Å²) in [5.74, 6) is 0.712. The molecule has 1 atom stereocenters. The molecule has 15 heavy (non-hydrogen) atoms. The van der Waals surface area contributed by atoms with Crippen molar-refractivity contribution in [3.8, 4) is 0 Å². The molecule has 2 rings (SSSR count). The van der Waals surface area contributed by atoms with Crippen molar-refractivity contribution in [2.75, 3.05) is 12.0 Å². The molecule has 0 bridgehead atoms. The fourth-order valence-electron chi connectivity index (χ4n) is 1.77. The molecule has 1 aliphatic heterocycles. The van der Waals surface area contributed by atoms with Gasteiger partial charge in [-0.15, -0.1) is 0 Å². The molecule has 3 nitrogen and oxygen atoms in total. The summed E-state index contributed by atoms with van der Waals surface area (Å²) in [7, 11) is 0. The van der Waals surface area contributed by atoms with Gasteiger partial charge in [0, 0.05) is 13.0 Å². The van der Waals surface area contributed by atoms with Crippen LogP contribution in [0, 0.1) is 5.92 Å². The summed E-state index contributed by atoms with van der Waals surface area (Å²) in [5.41, 5.74) is 4.11. The Labute approximate surface area is 90.1 Å². The van der Waals surface area contributed by atoms with Crippen LogP contribution < -0.4 is 5.43 Å². The van der Waals surface area contributed by atoms with Crippen molar-refractivity contribution in [3.63, 3.8) is 0 Å². The highest BCUT2D eigenvalue weighted by Gasteiger charge is 2.22. The molecule has 1 aliphatic rings. The number of para-hydroxylation sites is 1. The van der Waals surface area contributed by atoms with Crippen molar-refractivity contribution in [3.05, 3.63) is 30.3 Å². The highest BCUT2D eigenvalue weighted by molar-refractivity contribution is 5.78. The summed E-state index contributed by atoms with van der Waals surface area (Å²) in [5, 5.41) is 1.72. The summed E-state index contributed by atoms with van der Waals surface area (Å²) in [6, 6.07) is 9.81. The van der Waals surface area contributed by atoms with Gasteiger partial charge in [-0.05, 0) is 24.5 Å². The Balaban J connectivity index is 1.98. The highest BCUT2D eigenvalue weighted by atomic mass is 16.2. The molecule has 1 aromatic carbocycles. The first-order valence-corrected chi connectivity index (χ1v) is 5.38. The quantitative estimate of drug-likeness (QED) is 0.801. The standard InChI is InChI=1S/C12H16N2O/c1-10-7-8-14(12(15)9-10)13-11-5-3-2-4-6-11/h2-6,10,13H,7-9H2,1H3/t10-/m1/s1. The largest absolute Gasteiger partial charge is 0.296 e. The third-order valence-electron chi connectivity index (χ3n) is 2.71. The van der Waals surface area contributed by atoms with Gasteiger partial charge in [-0.3, -0.25) is 15.2 Å². The van der Waals surface area contributed by atoms with E-state index >= 15 is 0 Å². The predicted molar refractivity (Wildman–Crippen MR) is 60.2 cm³/mol. The number of hydrogen-bond acceptors (Lipinski definition) is 2. The highest BCUT2D eigenvalue weighted by Crippen LogP contribution is 2.18. The molecule has 1 fully saturated rings. The number of nitrogens with one attached hydrogen (secondary N) is 1. The smallest absolute Gasteiger partial charge is 0.241 e. The molecule has 1 amide bonds. The fraction of sp³-hybridized carbons (Fsp3) is 0.417. The van der Waals surface area contributed by atoms with E-state index in [1.165, 1.54) is 0 Å². The Kier molecular flexibility index (Phi) is 2.90. The van der Waals surface area contributed by atoms with Gasteiger partial charge in [-0.2, -0.15) is 0 Å². The molecule has 3 heteroatoms. The van der Waals surface area contributed by atoms with Crippen LogP contribution in [-0.2, 0) is 4.79 Å². The minimum absolute atomic E-state index is 0.192.